The molecule has 2 heterocycles. The van der Waals surface area contributed by atoms with Crippen molar-refractivity contribution in [2.24, 2.45) is 0 Å². The van der Waals surface area contributed by atoms with Crippen LogP contribution >= 0.6 is 0 Å². The third kappa shape index (κ3) is 2.47. The van der Waals surface area contributed by atoms with Crippen LogP contribution in [0.3, 0.4) is 0 Å². The number of likely N-dealkylation sites (tertiary alicyclic amines) is 1. The van der Waals surface area contributed by atoms with Crippen molar-refractivity contribution in [2.45, 2.75) is 25.3 Å². The molecule has 1 saturated heterocycles. The Morgan fingerprint density at radius 3 is 2.77 bits per heavy atom. The van der Waals surface area contributed by atoms with E-state index in [4.69, 9.17) is 0 Å². The van der Waals surface area contributed by atoms with Gasteiger partial charge in [0.05, 0.1) is 0 Å². The molecule has 114 valence electrons. The van der Waals surface area contributed by atoms with E-state index in [0.717, 1.165) is 18.2 Å². The molecule has 0 saturated carbocycles. The highest BCUT2D eigenvalue weighted by atomic mass is 16.4. The van der Waals surface area contributed by atoms with Crippen molar-refractivity contribution in [3.63, 3.8) is 0 Å². The number of aromatic amines is 1. The lowest BCUT2D eigenvalue weighted by atomic mass is 10.0. The second kappa shape index (κ2) is 5.63. The number of nitrogens with one attached hydrogen (secondary N) is 1. The van der Waals surface area contributed by atoms with E-state index in [1.165, 1.54) is 11.0 Å². The van der Waals surface area contributed by atoms with Crippen molar-refractivity contribution in [3.05, 3.63) is 46.2 Å². The van der Waals surface area contributed by atoms with Crippen molar-refractivity contribution in [3.8, 4) is 0 Å². The van der Waals surface area contributed by atoms with Gasteiger partial charge in [-0.3, -0.25) is 9.59 Å². The molecule has 1 atom stereocenters. The number of aromatic nitrogens is 1. The Morgan fingerprint density at radius 2 is 2.00 bits per heavy atom. The third-order valence-electron chi connectivity index (χ3n) is 4.03. The van der Waals surface area contributed by atoms with Gasteiger partial charge in [-0.15, -0.1) is 0 Å². The molecule has 3 rings (SSSR count). The average molecular weight is 300 g/mol. The fourth-order valence-corrected chi connectivity index (χ4v) is 2.89. The molecule has 22 heavy (non-hydrogen) atoms. The quantitative estimate of drug-likeness (QED) is 0.881. The lowest BCUT2D eigenvalue weighted by Crippen LogP contribution is -2.49. The maximum Gasteiger partial charge on any atom is 0.326 e. The van der Waals surface area contributed by atoms with Gasteiger partial charge in [0.2, 0.25) is 0 Å². The molecule has 0 radical (unpaired) electrons. The lowest BCUT2D eigenvalue weighted by molar-refractivity contribution is -0.143. The number of para-hydroxylation sites is 1. The largest absolute Gasteiger partial charge is 0.480 e. The Bertz CT molecular complexity index is 796. The summed E-state index contributed by atoms with van der Waals surface area (Å²) in [4.78, 5) is 40.1. The minimum Gasteiger partial charge on any atom is -0.480 e. The van der Waals surface area contributed by atoms with E-state index in [9.17, 15) is 19.5 Å². The van der Waals surface area contributed by atoms with E-state index >= 15 is 0 Å². The molecule has 2 N–H and O–H groups in total. The van der Waals surface area contributed by atoms with E-state index in [0.29, 0.717) is 18.5 Å². The van der Waals surface area contributed by atoms with Crippen LogP contribution in [0.1, 0.15) is 29.6 Å². The maximum atomic E-state index is 12.6. The minimum atomic E-state index is -1.02. The number of nitrogens with zero attached hydrogens (tertiary/aromatic N) is 1. The number of fused-ring (bicyclic) bond motifs is 1. The number of amides is 1. The number of hydrogen-bond donors (Lipinski definition) is 2. The first-order valence-corrected chi connectivity index (χ1v) is 7.24. The predicted octanol–water partition coefficient (Wildman–Crippen LogP) is 1.61. The molecule has 1 amide bonds. The monoisotopic (exact) mass is 300 g/mol. The van der Waals surface area contributed by atoms with Crippen molar-refractivity contribution < 1.29 is 14.7 Å². The molecule has 1 unspecified atom stereocenters. The van der Waals surface area contributed by atoms with Crippen LogP contribution in [0.5, 0.6) is 0 Å². The molecule has 0 bridgehead atoms. The van der Waals surface area contributed by atoms with E-state index in [-0.39, 0.29) is 5.56 Å². The molecule has 6 heteroatoms. The van der Waals surface area contributed by atoms with Gasteiger partial charge in [0.15, 0.2) is 0 Å². The average Bonchev–Trinajstić information content (AvgIpc) is 2.53. The van der Waals surface area contributed by atoms with Gasteiger partial charge in [-0.2, -0.15) is 0 Å². The highest BCUT2D eigenvalue weighted by Gasteiger charge is 2.33. The minimum absolute atomic E-state index is 0.00755. The van der Waals surface area contributed by atoms with Crippen LogP contribution in [0, 0.1) is 0 Å². The summed E-state index contributed by atoms with van der Waals surface area (Å²) in [5, 5.41) is 10.0. The maximum absolute atomic E-state index is 12.6. The molecule has 1 fully saturated rings. The molecule has 1 aromatic carbocycles. The number of piperidine rings is 1. The van der Waals surface area contributed by atoms with Crippen molar-refractivity contribution in [2.75, 3.05) is 6.54 Å². The Kier molecular flexibility index (Phi) is 3.66. The summed E-state index contributed by atoms with van der Waals surface area (Å²) < 4.78 is 0. The summed E-state index contributed by atoms with van der Waals surface area (Å²) in [5.74, 6) is -1.54. The number of H-pyrrole nitrogens is 1. The zero-order valence-electron chi connectivity index (χ0n) is 11.9. The molecule has 1 aromatic heterocycles. The van der Waals surface area contributed by atoms with Crippen molar-refractivity contribution >= 4 is 22.8 Å². The normalized spacial score (nSPS) is 18.4. The van der Waals surface area contributed by atoms with E-state index in [1.54, 1.807) is 18.2 Å². The summed E-state index contributed by atoms with van der Waals surface area (Å²) in [6.45, 7) is 0.363. The predicted molar refractivity (Wildman–Crippen MR) is 80.9 cm³/mol. The van der Waals surface area contributed by atoms with Crippen LogP contribution in [0.15, 0.2) is 35.1 Å². The van der Waals surface area contributed by atoms with Crippen LogP contribution in [-0.2, 0) is 4.79 Å². The zero-order valence-corrected chi connectivity index (χ0v) is 11.9. The number of carbonyl (C=O) groups excluding carboxylic acids is 1. The number of carboxylic acids is 1. The van der Waals surface area contributed by atoms with Gasteiger partial charge in [0.25, 0.3) is 11.5 Å². The summed E-state index contributed by atoms with van der Waals surface area (Å²) >= 11 is 0. The summed E-state index contributed by atoms with van der Waals surface area (Å²) in [6.07, 6.45) is 1.95. The molecule has 2 aromatic rings. The number of hydrogen-bond acceptors (Lipinski definition) is 3. The summed E-state index contributed by atoms with van der Waals surface area (Å²) in [6, 6.07) is 7.84. The molecule has 6 nitrogen and oxygen atoms in total. The third-order valence-corrected chi connectivity index (χ3v) is 4.03. The van der Waals surface area contributed by atoms with Crippen LogP contribution in [0.4, 0.5) is 0 Å². The van der Waals surface area contributed by atoms with Gasteiger partial charge in [0, 0.05) is 12.1 Å². The summed E-state index contributed by atoms with van der Waals surface area (Å²) in [5.41, 5.74) is 0.155. The number of pyridine rings is 1. The summed E-state index contributed by atoms with van der Waals surface area (Å²) in [7, 11) is 0. The van der Waals surface area contributed by atoms with E-state index in [2.05, 4.69) is 4.98 Å². The number of carbonyl (C=O) groups is 2. The fourth-order valence-electron chi connectivity index (χ4n) is 2.89. The van der Waals surface area contributed by atoms with Gasteiger partial charge >= 0.3 is 5.97 Å². The topological polar surface area (TPSA) is 90.5 Å². The highest BCUT2D eigenvalue weighted by molar-refractivity contribution is 5.99. The molecule has 0 aliphatic carbocycles. The van der Waals surface area contributed by atoms with Crippen LogP contribution in [0.25, 0.3) is 10.9 Å². The second-order valence-corrected chi connectivity index (χ2v) is 5.45. The molecular formula is C16H16N2O4. The highest BCUT2D eigenvalue weighted by Crippen LogP contribution is 2.20. The van der Waals surface area contributed by atoms with E-state index < -0.39 is 23.5 Å². The van der Waals surface area contributed by atoms with Gasteiger partial charge in [0.1, 0.15) is 11.6 Å². The zero-order chi connectivity index (χ0) is 15.7. The molecule has 0 spiro atoms. The lowest BCUT2D eigenvalue weighted by Gasteiger charge is -2.32. The first-order valence-electron chi connectivity index (χ1n) is 7.24. The van der Waals surface area contributed by atoms with Gasteiger partial charge in [-0.1, -0.05) is 18.2 Å². The molecular weight excluding hydrogens is 284 g/mol. The molecule has 1 aliphatic heterocycles. The van der Waals surface area contributed by atoms with Crippen molar-refractivity contribution in [1.29, 1.82) is 0 Å². The first kappa shape index (κ1) is 14.3. The SMILES string of the molecule is O=C(O)C1CCCCN1C(=O)c1cc2ccccc2[nH]c1=O. The standard InChI is InChI=1S/C16H16N2O4/c19-14-11(9-10-5-1-2-6-12(10)17-14)15(20)18-8-4-3-7-13(18)16(21)22/h1-2,5-6,9,13H,3-4,7-8H2,(H,17,19)(H,21,22). The van der Waals surface area contributed by atoms with Crippen LogP contribution in [0.2, 0.25) is 0 Å². The number of benzene rings is 1. The smallest absolute Gasteiger partial charge is 0.326 e. The first-order chi connectivity index (χ1) is 10.6. The van der Waals surface area contributed by atoms with E-state index in [1.807, 2.05) is 6.07 Å². The Hall–Kier alpha value is -2.63. The Morgan fingerprint density at radius 1 is 1.23 bits per heavy atom. The number of carboxylic acid groups (broad SMARTS) is 1. The fraction of sp³-hybridized carbons (Fsp3) is 0.312. The molecule has 1 aliphatic rings. The van der Waals surface area contributed by atoms with Crippen molar-refractivity contribution in [1.82, 2.24) is 9.88 Å². The van der Waals surface area contributed by atoms with Gasteiger partial charge in [-0.25, -0.2) is 4.79 Å². The number of aliphatic carboxylic acids is 1. The Labute approximate surface area is 126 Å². The Balaban J connectivity index is 2.02. The van der Waals surface area contributed by atoms with Gasteiger partial charge in [-0.05, 0) is 36.8 Å². The van der Waals surface area contributed by atoms with Gasteiger partial charge < -0.3 is 15.0 Å². The van der Waals surface area contributed by atoms with Crippen LogP contribution < -0.4 is 5.56 Å². The second-order valence-electron chi connectivity index (χ2n) is 5.45. The number of rotatable bonds is 2. The van der Waals surface area contributed by atoms with Crippen LogP contribution in [-0.4, -0.2) is 39.5 Å².